The summed E-state index contributed by atoms with van der Waals surface area (Å²) in [6.45, 7) is 5.82. The molecule has 6 heteroatoms. The van der Waals surface area contributed by atoms with Crippen LogP contribution in [0.2, 0.25) is 0 Å². The molecule has 1 aromatic heterocycles. The van der Waals surface area contributed by atoms with E-state index >= 15 is 0 Å². The summed E-state index contributed by atoms with van der Waals surface area (Å²) in [5, 5.41) is 13.3. The van der Waals surface area contributed by atoms with Gasteiger partial charge in [0.2, 0.25) is 0 Å². The van der Waals surface area contributed by atoms with E-state index in [1.165, 1.54) is 5.56 Å². The minimum atomic E-state index is -0.663. The summed E-state index contributed by atoms with van der Waals surface area (Å²) < 4.78 is 5.76. The van der Waals surface area contributed by atoms with Crippen molar-refractivity contribution in [2.45, 2.75) is 32.0 Å². The van der Waals surface area contributed by atoms with Crippen LogP contribution in [0.5, 0.6) is 0 Å². The molecule has 1 aliphatic heterocycles. The number of amides is 1. The van der Waals surface area contributed by atoms with Gasteiger partial charge in [0.25, 0.3) is 5.91 Å². The van der Waals surface area contributed by atoms with Crippen LogP contribution in [-0.2, 0) is 11.3 Å². The number of morpholine rings is 1. The second-order valence-electron chi connectivity index (χ2n) is 7.23. The van der Waals surface area contributed by atoms with Gasteiger partial charge in [0.15, 0.2) is 0 Å². The smallest absolute Gasteiger partial charge is 0.251 e. The first kappa shape index (κ1) is 19.5. The maximum Gasteiger partial charge on any atom is 0.251 e. The molecule has 0 radical (unpaired) electrons. The van der Waals surface area contributed by atoms with Gasteiger partial charge in [-0.1, -0.05) is 30.3 Å². The lowest BCUT2D eigenvalue weighted by molar-refractivity contribution is -0.121. The number of nitrogens with one attached hydrogen (secondary N) is 1. The molecule has 2 heterocycles. The lowest BCUT2D eigenvalue weighted by Crippen LogP contribution is -2.66. The van der Waals surface area contributed by atoms with Gasteiger partial charge < -0.3 is 15.2 Å². The lowest BCUT2D eigenvalue weighted by atomic mass is 9.93. The molecule has 0 spiro atoms. The third kappa shape index (κ3) is 4.35. The standard InChI is InChI=1S/C21H27N3O3/c1-16-10-22-9-8-19(16)20(26)23-13-21(14-25)15-27-12-17(2)24(21)11-18-6-4-3-5-7-18/h3-10,17,25H,11-15H2,1-2H3,(H,23,26)/t17-,21+/m1/s1. The highest BCUT2D eigenvalue weighted by molar-refractivity contribution is 5.95. The highest BCUT2D eigenvalue weighted by Crippen LogP contribution is 2.26. The van der Waals surface area contributed by atoms with Crippen molar-refractivity contribution in [2.24, 2.45) is 0 Å². The zero-order valence-electron chi connectivity index (χ0n) is 15.9. The molecule has 1 saturated heterocycles. The number of aliphatic hydroxyl groups excluding tert-OH is 1. The van der Waals surface area contributed by atoms with Gasteiger partial charge in [-0.15, -0.1) is 0 Å². The molecule has 2 N–H and O–H groups in total. The first-order chi connectivity index (χ1) is 13.1. The predicted octanol–water partition coefficient (Wildman–Crippen LogP) is 1.77. The molecular formula is C21H27N3O3. The molecule has 0 aliphatic carbocycles. The average Bonchev–Trinajstić information content (AvgIpc) is 2.69. The van der Waals surface area contributed by atoms with E-state index in [1.807, 2.05) is 25.1 Å². The molecule has 27 heavy (non-hydrogen) atoms. The third-order valence-electron chi connectivity index (χ3n) is 5.20. The van der Waals surface area contributed by atoms with Crippen LogP contribution in [0.15, 0.2) is 48.8 Å². The van der Waals surface area contributed by atoms with E-state index in [9.17, 15) is 9.90 Å². The van der Waals surface area contributed by atoms with Gasteiger partial charge in [-0.25, -0.2) is 0 Å². The Morgan fingerprint density at radius 2 is 2.15 bits per heavy atom. The van der Waals surface area contributed by atoms with Crippen LogP contribution < -0.4 is 5.32 Å². The number of hydrogen-bond acceptors (Lipinski definition) is 5. The van der Waals surface area contributed by atoms with Crippen molar-refractivity contribution < 1.29 is 14.6 Å². The van der Waals surface area contributed by atoms with Gasteiger partial charge in [0, 0.05) is 37.1 Å². The number of nitrogens with zero attached hydrogens (tertiary/aromatic N) is 2. The predicted molar refractivity (Wildman–Crippen MR) is 103 cm³/mol. The summed E-state index contributed by atoms with van der Waals surface area (Å²) in [6.07, 6.45) is 3.28. The Labute approximate surface area is 160 Å². The van der Waals surface area contributed by atoms with Gasteiger partial charge >= 0.3 is 0 Å². The topological polar surface area (TPSA) is 74.7 Å². The summed E-state index contributed by atoms with van der Waals surface area (Å²) >= 11 is 0. The second kappa shape index (κ2) is 8.61. The van der Waals surface area contributed by atoms with Gasteiger partial charge in [-0.3, -0.25) is 14.7 Å². The lowest BCUT2D eigenvalue weighted by Gasteiger charge is -2.49. The highest BCUT2D eigenvalue weighted by Gasteiger charge is 2.42. The fourth-order valence-corrected chi connectivity index (χ4v) is 3.58. The number of pyridine rings is 1. The molecule has 6 nitrogen and oxygen atoms in total. The summed E-state index contributed by atoms with van der Waals surface area (Å²) in [6, 6.07) is 12.0. The van der Waals surface area contributed by atoms with Crippen molar-refractivity contribution in [3.8, 4) is 0 Å². The van der Waals surface area contributed by atoms with E-state index in [1.54, 1.807) is 18.5 Å². The van der Waals surface area contributed by atoms with E-state index in [4.69, 9.17) is 4.74 Å². The van der Waals surface area contributed by atoms with E-state index < -0.39 is 5.54 Å². The molecule has 2 atom stereocenters. The van der Waals surface area contributed by atoms with Crippen LogP contribution in [-0.4, -0.2) is 58.8 Å². The van der Waals surface area contributed by atoms with Crippen molar-refractivity contribution in [2.75, 3.05) is 26.4 Å². The Kier molecular flexibility index (Phi) is 6.21. The molecule has 0 saturated carbocycles. The Bertz CT molecular complexity index is 768. The van der Waals surface area contributed by atoms with E-state index in [0.29, 0.717) is 31.9 Å². The Balaban J connectivity index is 1.77. The number of hydrogen-bond donors (Lipinski definition) is 2. The zero-order valence-corrected chi connectivity index (χ0v) is 15.9. The van der Waals surface area contributed by atoms with Crippen LogP contribution in [0.3, 0.4) is 0 Å². The van der Waals surface area contributed by atoms with Crippen molar-refractivity contribution in [3.05, 3.63) is 65.5 Å². The number of ether oxygens (including phenoxy) is 1. The van der Waals surface area contributed by atoms with E-state index in [2.05, 4.69) is 34.3 Å². The molecule has 1 aromatic carbocycles. The molecule has 2 aromatic rings. The van der Waals surface area contributed by atoms with Gasteiger partial charge in [0.1, 0.15) is 0 Å². The molecule has 1 amide bonds. The number of aryl methyl sites for hydroxylation is 1. The molecule has 1 fully saturated rings. The van der Waals surface area contributed by atoms with E-state index in [-0.39, 0.29) is 18.6 Å². The molecule has 1 aliphatic rings. The largest absolute Gasteiger partial charge is 0.394 e. The van der Waals surface area contributed by atoms with Crippen LogP contribution in [0, 0.1) is 6.92 Å². The molecular weight excluding hydrogens is 342 g/mol. The fourth-order valence-electron chi connectivity index (χ4n) is 3.58. The Morgan fingerprint density at radius 1 is 1.37 bits per heavy atom. The number of benzene rings is 1. The van der Waals surface area contributed by atoms with Gasteiger partial charge in [-0.05, 0) is 31.0 Å². The maximum absolute atomic E-state index is 12.6. The van der Waals surface area contributed by atoms with Crippen LogP contribution in [0.25, 0.3) is 0 Å². The second-order valence-corrected chi connectivity index (χ2v) is 7.23. The number of aromatic nitrogens is 1. The molecule has 0 bridgehead atoms. The number of rotatable bonds is 6. The first-order valence-electron chi connectivity index (χ1n) is 9.24. The quantitative estimate of drug-likeness (QED) is 0.812. The maximum atomic E-state index is 12.6. The van der Waals surface area contributed by atoms with Crippen LogP contribution >= 0.6 is 0 Å². The SMILES string of the molecule is Cc1cnccc1C(=O)NC[C@]1(CO)COC[C@@H](C)N1Cc1ccccc1. The molecule has 3 rings (SSSR count). The minimum Gasteiger partial charge on any atom is -0.394 e. The van der Waals surface area contributed by atoms with Crippen molar-refractivity contribution in [1.29, 1.82) is 0 Å². The van der Waals surface area contributed by atoms with Crippen molar-refractivity contribution in [3.63, 3.8) is 0 Å². The number of aliphatic hydroxyl groups is 1. The molecule has 0 unspecified atom stereocenters. The number of carbonyl (C=O) groups excluding carboxylic acids is 1. The van der Waals surface area contributed by atoms with Gasteiger partial charge in [-0.2, -0.15) is 0 Å². The van der Waals surface area contributed by atoms with Crippen molar-refractivity contribution in [1.82, 2.24) is 15.2 Å². The third-order valence-corrected chi connectivity index (χ3v) is 5.20. The summed E-state index contributed by atoms with van der Waals surface area (Å²) in [4.78, 5) is 18.9. The average molecular weight is 369 g/mol. The summed E-state index contributed by atoms with van der Waals surface area (Å²) in [5.41, 5.74) is 1.92. The van der Waals surface area contributed by atoms with Gasteiger partial charge in [0.05, 0.1) is 25.4 Å². The number of carbonyl (C=O) groups is 1. The van der Waals surface area contributed by atoms with Crippen molar-refractivity contribution >= 4 is 5.91 Å². The van der Waals surface area contributed by atoms with E-state index in [0.717, 1.165) is 5.56 Å². The first-order valence-corrected chi connectivity index (χ1v) is 9.24. The fraction of sp³-hybridized carbons (Fsp3) is 0.429. The highest BCUT2D eigenvalue weighted by atomic mass is 16.5. The van der Waals surface area contributed by atoms with Crippen LogP contribution in [0.1, 0.15) is 28.4 Å². The monoisotopic (exact) mass is 369 g/mol. The minimum absolute atomic E-state index is 0.0974. The van der Waals surface area contributed by atoms with Crippen LogP contribution in [0.4, 0.5) is 0 Å². The Morgan fingerprint density at radius 3 is 2.85 bits per heavy atom. The summed E-state index contributed by atoms with van der Waals surface area (Å²) in [7, 11) is 0. The normalized spacial score (nSPS) is 23.1. The molecule has 144 valence electrons. The Hall–Kier alpha value is -2.28. The summed E-state index contributed by atoms with van der Waals surface area (Å²) in [5.74, 6) is -0.166. The zero-order chi connectivity index (χ0) is 19.3.